The number of aromatic carboxylic acids is 1. The molecule has 1 aromatic heterocycles. The average molecular weight is 278 g/mol. The first-order valence-electron chi connectivity index (χ1n) is 5.61. The van der Waals surface area contributed by atoms with Crippen molar-refractivity contribution in [1.29, 1.82) is 0 Å². The van der Waals surface area contributed by atoms with Crippen molar-refractivity contribution in [1.82, 2.24) is 10.2 Å². The van der Waals surface area contributed by atoms with Crippen LogP contribution in [0.1, 0.15) is 35.5 Å². The molecule has 1 aromatic rings. The van der Waals surface area contributed by atoms with Crippen molar-refractivity contribution in [3.8, 4) is 5.88 Å². The molecule has 0 unspecified atom stereocenters. The number of carboxylic acid groups (broad SMARTS) is 1. The molecular weight excluding hydrogens is 265 g/mol. The summed E-state index contributed by atoms with van der Waals surface area (Å²) in [7, 11) is 0. The van der Waals surface area contributed by atoms with E-state index in [1.165, 1.54) is 0 Å². The summed E-state index contributed by atoms with van der Waals surface area (Å²) in [5.41, 5.74) is 0.444. The minimum atomic E-state index is -4.56. The Balaban J connectivity index is 3.21. The summed E-state index contributed by atoms with van der Waals surface area (Å²) in [5, 5.41) is 16.2. The molecule has 0 fully saturated rings. The summed E-state index contributed by atoms with van der Waals surface area (Å²) in [5.74, 6) is -1.97. The lowest BCUT2D eigenvalue weighted by Gasteiger charge is -2.13. The summed E-state index contributed by atoms with van der Waals surface area (Å²) < 4.78 is 40.7. The number of halogens is 3. The van der Waals surface area contributed by atoms with Gasteiger partial charge in [-0.2, -0.15) is 18.3 Å². The van der Waals surface area contributed by atoms with Gasteiger partial charge < -0.3 is 9.84 Å². The first kappa shape index (κ1) is 15.2. The molecule has 5 nitrogen and oxygen atoms in total. The molecule has 0 bridgehead atoms. The predicted octanol–water partition coefficient (Wildman–Crippen LogP) is 2.24. The van der Waals surface area contributed by atoms with E-state index < -0.39 is 24.6 Å². The lowest BCUT2D eigenvalue weighted by atomic mass is 10.0. The van der Waals surface area contributed by atoms with Crippen LogP contribution in [0.25, 0.3) is 0 Å². The minimum absolute atomic E-state index is 0.322. The number of carboxylic acids is 1. The third-order valence-electron chi connectivity index (χ3n) is 2.40. The van der Waals surface area contributed by atoms with Crippen LogP contribution < -0.4 is 4.74 Å². The van der Waals surface area contributed by atoms with Crippen LogP contribution >= 0.6 is 0 Å². The number of hydrogen-bond acceptors (Lipinski definition) is 4. The van der Waals surface area contributed by atoms with Crippen molar-refractivity contribution in [2.45, 2.75) is 32.9 Å². The second kappa shape index (κ2) is 5.85. The van der Waals surface area contributed by atoms with Crippen molar-refractivity contribution in [3.05, 3.63) is 16.8 Å². The van der Waals surface area contributed by atoms with E-state index in [9.17, 15) is 18.0 Å². The number of aryl methyl sites for hydroxylation is 1. The van der Waals surface area contributed by atoms with Gasteiger partial charge in [-0.1, -0.05) is 13.8 Å². The number of aromatic nitrogens is 2. The molecule has 0 aromatic carbocycles. The monoisotopic (exact) mass is 278 g/mol. The largest absolute Gasteiger partial charge is 0.477 e. The molecule has 0 radical (unpaired) electrons. The minimum Gasteiger partial charge on any atom is -0.477 e. The Morgan fingerprint density at radius 3 is 2.32 bits per heavy atom. The lowest BCUT2D eigenvalue weighted by molar-refractivity contribution is -0.154. The van der Waals surface area contributed by atoms with E-state index in [0.717, 1.165) is 0 Å². The fourth-order valence-corrected chi connectivity index (χ4v) is 1.63. The quantitative estimate of drug-likeness (QED) is 0.894. The van der Waals surface area contributed by atoms with Gasteiger partial charge in [-0.3, -0.25) is 0 Å². The number of alkyl halides is 3. The SMILES string of the molecule is CCc1nnc(OCC(F)(F)F)c(C(=O)O)c1CC. The van der Waals surface area contributed by atoms with E-state index in [0.29, 0.717) is 24.1 Å². The number of ether oxygens (including phenoxy) is 1. The first-order valence-corrected chi connectivity index (χ1v) is 5.61. The van der Waals surface area contributed by atoms with Crippen LogP contribution in [0.3, 0.4) is 0 Å². The van der Waals surface area contributed by atoms with Crippen LogP contribution in [0.4, 0.5) is 13.2 Å². The molecule has 19 heavy (non-hydrogen) atoms. The maximum atomic E-state index is 12.1. The highest BCUT2D eigenvalue weighted by molar-refractivity contribution is 5.92. The predicted molar refractivity (Wildman–Crippen MR) is 59.3 cm³/mol. The summed E-state index contributed by atoms with van der Waals surface area (Å²) in [6, 6.07) is 0. The average Bonchev–Trinajstić information content (AvgIpc) is 2.33. The lowest BCUT2D eigenvalue weighted by Crippen LogP contribution is -2.22. The van der Waals surface area contributed by atoms with Gasteiger partial charge >= 0.3 is 12.1 Å². The normalized spacial score (nSPS) is 11.4. The van der Waals surface area contributed by atoms with E-state index in [4.69, 9.17) is 5.11 Å². The molecule has 0 spiro atoms. The van der Waals surface area contributed by atoms with Crippen molar-refractivity contribution < 1.29 is 27.8 Å². The third kappa shape index (κ3) is 3.80. The highest BCUT2D eigenvalue weighted by Gasteiger charge is 2.30. The zero-order valence-corrected chi connectivity index (χ0v) is 10.4. The summed E-state index contributed by atoms with van der Waals surface area (Å²) in [4.78, 5) is 11.2. The van der Waals surface area contributed by atoms with Gasteiger partial charge in [0.05, 0.1) is 5.69 Å². The molecule has 0 aliphatic rings. The van der Waals surface area contributed by atoms with Crippen LogP contribution in [0.2, 0.25) is 0 Å². The topological polar surface area (TPSA) is 72.3 Å². The molecule has 1 N–H and O–H groups in total. The van der Waals surface area contributed by atoms with Crippen LogP contribution in [-0.4, -0.2) is 34.1 Å². The zero-order chi connectivity index (χ0) is 14.6. The van der Waals surface area contributed by atoms with E-state index >= 15 is 0 Å². The van der Waals surface area contributed by atoms with Crippen LogP contribution in [-0.2, 0) is 12.8 Å². The standard InChI is InChI=1S/C11H13F3N2O3/c1-3-6-7(4-2)15-16-9(8(6)10(17)18)19-5-11(12,13)14/h3-5H2,1-2H3,(H,17,18). The highest BCUT2D eigenvalue weighted by atomic mass is 19.4. The maximum Gasteiger partial charge on any atom is 0.422 e. The number of hydrogen-bond donors (Lipinski definition) is 1. The molecule has 0 atom stereocenters. The van der Waals surface area contributed by atoms with Gasteiger partial charge in [0, 0.05) is 0 Å². The maximum absolute atomic E-state index is 12.1. The molecule has 0 aliphatic heterocycles. The van der Waals surface area contributed by atoms with Gasteiger partial charge in [0.15, 0.2) is 6.61 Å². The van der Waals surface area contributed by atoms with E-state index in [-0.39, 0.29) is 5.56 Å². The second-order valence-electron chi connectivity index (χ2n) is 3.72. The molecule has 0 saturated heterocycles. The van der Waals surface area contributed by atoms with E-state index in [1.54, 1.807) is 13.8 Å². The van der Waals surface area contributed by atoms with Gasteiger partial charge in [0.25, 0.3) is 0 Å². The Morgan fingerprint density at radius 1 is 1.26 bits per heavy atom. The van der Waals surface area contributed by atoms with Gasteiger partial charge in [-0.25, -0.2) is 4.79 Å². The van der Waals surface area contributed by atoms with E-state index in [1.807, 2.05) is 0 Å². The zero-order valence-electron chi connectivity index (χ0n) is 10.4. The molecular formula is C11H13F3N2O3. The Labute approximate surface area is 107 Å². The second-order valence-corrected chi connectivity index (χ2v) is 3.72. The number of nitrogens with zero attached hydrogens (tertiary/aromatic N) is 2. The molecule has 1 rings (SSSR count). The Kier molecular flexibility index (Phi) is 4.68. The van der Waals surface area contributed by atoms with Crippen molar-refractivity contribution in [3.63, 3.8) is 0 Å². The fraction of sp³-hybridized carbons (Fsp3) is 0.545. The smallest absolute Gasteiger partial charge is 0.422 e. The van der Waals surface area contributed by atoms with Gasteiger partial charge in [0.1, 0.15) is 5.56 Å². The molecule has 106 valence electrons. The summed E-state index contributed by atoms with van der Waals surface area (Å²) in [6.45, 7) is 1.85. The summed E-state index contributed by atoms with van der Waals surface area (Å²) in [6.07, 6.45) is -3.80. The van der Waals surface area contributed by atoms with Crippen molar-refractivity contribution >= 4 is 5.97 Å². The van der Waals surface area contributed by atoms with Crippen LogP contribution in [0.5, 0.6) is 5.88 Å². The third-order valence-corrected chi connectivity index (χ3v) is 2.40. The summed E-state index contributed by atoms with van der Waals surface area (Å²) >= 11 is 0. The van der Waals surface area contributed by atoms with Crippen molar-refractivity contribution in [2.24, 2.45) is 0 Å². The Bertz CT molecular complexity index is 475. The number of carbonyl (C=O) groups is 1. The highest BCUT2D eigenvalue weighted by Crippen LogP contribution is 2.24. The molecule has 0 aliphatic carbocycles. The molecule has 0 saturated carbocycles. The van der Waals surface area contributed by atoms with Gasteiger partial charge in [-0.15, -0.1) is 5.10 Å². The molecule has 1 heterocycles. The van der Waals surface area contributed by atoms with Crippen LogP contribution in [0.15, 0.2) is 0 Å². The van der Waals surface area contributed by atoms with Gasteiger partial charge in [-0.05, 0) is 18.4 Å². The van der Waals surface area contributed by atoms with Crippen molar-refractivity contribution in [2.75, 3.05) is 6.61 Å². The van der Waals surface area contributed by atoms with E-state index in [2.05, 4.69) is 14.9 Å². The fourth-order valence-electron chi connectivity index (χ4n) is 1.63. The number of rotatable bonds is 5. The Hall–Kier alpha value is -1.86. The Morgan fingerprint density at radius 2 is 1.89 bits per heavy atom. The molecule has 8 heteroatoms. The van der Waals surface area contributed by atoms with Crippen LogP contribution in [0, 0.1) is 0 Å². The van der Waals surface area contributed by atoms with Gasteiger partial charge in [0.2, 0.25) is 5.88 Å². The molecule has 0 amide bonds. The first-order chi connectivity index (χ1) is 8.80.